The first kappa shape index (κ1) is 17.6. The number of benzene rings is 2. The molecule has 2 atom stereocenters. The molecular formula is C18H18FNO4S. The van der Waals surface area contributed by atoms with Crippen molar-refractivity contribution in [1.29, 1.82) is 0 Å². The summed E-state index contributed by atoms with van der Waals surface area (Å²) in [6.07, 6.45) is 0. The number of hydrogen-bond donors (Lipinski definition) is 2. The van der Waals surface area contributed by atoms with E-state index in [-0.39, 0.29) is 17.8 Å². The average molecular weight is 363 g/mol. The first-order valence-electron chi connectivity index (χ1n) is 7.73. The molecule has 2 unspecified atom stereocenters. The summed E-state index contributed by atoms with van der Waals surface area (Å²) in [4.78, 5) is 11.1. The molecule has 2 aromatic carbocycles. The minimum atomic E-state index is -0.855. The van der Waals surface area contributed by atoms with Crippen molar-refractivity contribution in [3.05, 3.63) is 59.4 Å². The Morgan fingerprint density at radius 1 is 1.32 bits per heavy atom. The van der Waals surface area contributed by atoms with Crippen molar-refractivity contribution in [2.45, 2.75) is 18.0 Å². The fourth-order valence-electron chi connectivity index (χ4n) is 2.54. The third-order valence-corrected chi connectivity index (χ3v) is 5.18. The van der Waals surface area contributed by atoms with E-state index in [0.29, 0.717) is 22.8 Å². The standard InChI is InChI=1S/C18H18FNO4S/c1-23-16-8-11(17-20-14(10-25-17)18(21)22)6-7-15(16)24-9-12-4-2-3-5-13(12)19/h2-8,14,17,20H,9-10H2,1H3,(H,21,22). The van der Waals surface area contributed by atoms with E-state index in [1.165, 1.54) is 24.9 Å². The molecule has 132 valence electrons. The number of ether oxygens (including phenoxy) is 2. The number of rotatable bonds is 6. The van der Waals surface area contributed by atoms with Gasteiger partial charge < -0.3 is 14.6 Å². The van der Waals surface area contributed by atoms with Crippen LogP contribution in [-0.2, 0) is 11.4 Å². The number of carbonyl (C=O) groups is 1. The van der Waals surface area contributed by atoms with Gasteiger partial charge in [-0.1, -0.05) is 24.3 Å². The molecule has 0 bridgehead atoms. The molecule has 1 heterocycles. The Labute approximate surface area is 149 Å². The van der Waals surface area contributed by atoms with Gasteiger partial charge in [0.25, 0.3) is 0 Å². The summed E-state index contributed by atoms with van der Waals surface area (Å²) in [5.74, 6) is 0.367. The number of nitrogens with one attached hydrogen (secondary N) is 1. The van der Waals surface area contributed by atoms with E-state index in [0.717, 1.165) is 5.56 Å². The van der Waals surface area contributed by atoms with Crippen molar-refractivity contribution >= 4 is 17.7 Å². The Morgan fingerprint density at radius 3 is 2.80 bits per heavy atom. The van der Waals surface area contributed by atoms with Gasteiger partial charge in [-0.25, -0.2) is 4.39 Å². The highest BCUT2D eigenvalue weighted by molar-refractivity contribution is 7.99. The third kappa shape index (κ3) is 4.05. The topological polar surface area (TPSA) is 67.8 Å². The molecule has 0 aliphatic carbocycles. The molecule has 0 aromatic heterocycles. The highest BCUT2D eigenvalue weighted by atomic mass is 32.2. The SMILES string of the molecule is COc1cc(C2NC(C(=O)O)CS2)ccc1OCc1ccccc1F. The van der Waals surface area contributed by atoms with E-state index in [1.807, 2.05) is 12.1 Å². The number of thioether (sulfide) groups is 1. The highest BCUT2D eigenvalue weighted by Gasteiger charge is 2.30. The fraction of sp³-hybridized carbons (Fsp3) is 0.278. The third-order valence-electron chi connectivity index (χ3n) is 3.91. The molecule has 2 aromatic rings. The van der Waals surface area contributed by atoms with Gasteiger partial charge in [-0.2, -0.15) is 0 Å². The Hall–Kier alpha value is -2.25. The second kappa shape index (κ2) is 7.76. The van der Waals surface area contributed by atoms with Gasteiger partial charge in [-0.3, -0.25) is 10.1 Å². The maximum atomic E-state index is 13.7. The Balaban J connectivity index is 1.72. The van der Waals surface area contributed by atoms with Crippen LogP contribution >= 0.6 is 11.8 Å². The first-order valence-corrected chi connectivity index (χ1v) is 8.78. The number of aliphatic carboxylic acids is 1. The number of halogens is 1. The molecule has 3 rings (SSSR count). The quantitative estimate of drug-likeness (QED) is 0.822. The van der Waals surface area contributed by atoms with Crippen LogP contribution in [0.4, 0.5) is 4.39 Å². The lowest BCUT2D eigenvalue weighted by atomic mass is 10.2. The fourth-order valence-corrected chi connectivity index (χ4v) is 3.77. The number of methoxy groups -OCH3 is 1. The summed E-state index contributed by atoms with van der Waals surface area (Å²) < 4.78 is 24.7. The van der Waals surface area contributed by atoms with Crippen molar-refractivity contribution < 1.29 is 23.8 Å². The molecular weight excluding hydrogens is 345 g/mol. The summed E-state index contributed by atoms with van der Waals surface area (Å²) in [5.41, 5.74) is 1.37. The molecule has 7 heteroatoms. The summed E-state index contributed by atoms with van der Waals surface area (Å²) in [5, 5.41) is 12.0. The smallest absolute Gasteiger partial charge is 0.321 e. The van der Waals surface area contributed by atoms with E-state index in [4.69, 9.17) is 14.6 Å². The molecule has 0 spiro atoms. The molecule has 0 radical (unpaired) electrons. The van der Waals surface area contributed by atoms with Crippen LogP contribution in [0, 0.1) is 5.82 Å². The van der Waals surface area contributed by atoms with Crippen molar-refractivity contribution in [3.63, 3.8) is 0 Å². The van der Waals surface area contributed by atoms with Crippen LogP contribution in [0.15, 0.2) is 42.5 Å². The number of carboxylic acid groups (broad SMARTS) is 1. The molecule has 2 N–H and O–H groups in total. The Morgan fingerprint density at radius 2 is 2.12 bits per heavy atom. The van der Waals surface area contributed by atoms with Gasteiger partial charge in [-0.05, 0) is 23.8 Å². The van der Waals surface area contributed by atoms with Gasteiger partial charge in [0, 0.05) is 11.3 Å². The van der Waals surface area contributed by atoms with Crippen molar-refractivity contribution in [2.24, 2.45) is 0 Å². The Bertz CT molecular complexity index is 770. The second-order valence-electron chi connectivity index (χ2n) is 5.56. The second-order valence-corrected chi connectivity index (χ2v) is 6.70. The zero-order valence-corrected chi connectivity index (χ0v) is 14.4. The molecule has 1 fully saturated rings. The van der Waals surface area contributed by atoms with Gasteiger partial charge in [0.1, 0.15) is 18.5 Å². The summed E-state index contributed by atoms with van der Waals surface area (Å²) in [6.45, 7) is 0.0971. The van der Waals surface area contributed by atoms with Crippen LogP contribution in [0.2, 0.25) is 0 Å². The lowest BCUT2D eigenvalue weighted by Crippen LogP contribution is -2.33. The lowest BCUT2D eigenvalue weighted by molar-refractivity contribution is -0.138. The van der Waals surface area contributed by atoms with Crippen LogP contribution in [0.1, 0.15) is 16.5 Å². The van der Waals surface area contributed by atoms with Crippen LogP contribution in [0.5, 0.6) is 11.5 Å². The molecule has 1 saturated heterocycles. The Kier molecular flexibility index (Phi) is 5.45. The molecule has 0 saturated carbocycles. The minimum Gasteiger partial charge on any atom is -0.493 e. The van der Waals surface area contributed by atoms with Gasteiger partial charge >= 0.3 is 5.97 Å². The monoisotopic (exact) mass is 363 g/mol. The van der Waals surface area contributed by atoms with Gasteiger partial charge in [0.05, 0.1) is 12.5 Å². The van der Waals surface area contributed by atoms with Gasteiger partial charge in [0.2, 0.25) is 0 Å². The summed E-state index contributed by atoms with van der Waals surface area (Å²) in [6, 6.07) is 11.3. The predicted octanol–water partition coefficient (Wildman–Crippen LogP) is 3.20. The molecule has 0 amide bonds. The molecule has 1 aliphatic rings. The van der Waals surface area contributed by atoms with Crippen molar-refractivity contribution in [2.75, 3.05) is 12.9 Å². The minimum absolute atomic E-state index is 0.0971. The van der Waals surface area contributed by atoms with Crippen molar-refractivity contribution in [1.82, 2.24) is 5.32 Å². The largest absolute Gasteiger partial charge is 0.493 e. The highest BCUT2D eigenvalue weighted by Crippen LogP contribution is 2.37. The molecule has 1 aliphatic heterocycles. The number of hydrogen-bond acceptors (Lipinski definition) is 5. The zero-order chi connectivity index (χ0) is 17.8. The summed E-state index contributed by atoms with van der Waals surface area (Å²) in [7, 11) is 1.53. The lowest BCUT2D eigenvalue weighted by Gasteiger charge is -2.16. The van der Waals surface area contributed by atoms with E-state index in [1.54, 1.807) is 24.3 Å². The number of carboxylic acids is 1. The maximum Gasteiger partial charge on any atom is 0.321 e. The van der Waals surface area contributed by atoms with Crippen molar-refractivity contribution in [3.8, 4) is 11.5 Å². The first-order chi connectivity index (χ1) is 12.1. The van der Waals surface area contributed by atoms with Crippen LogP contribution in [-0.4, -0.2) is 30.0 Å². The summed E-state index contributed by atoms with van der Waals surface area (Å²) >= 11 is 1.53. The average Bonchev–Trinajstić information content (AvgIpc) is 3.11. The normalized spacial score (nSPS) is 19.6. The predicted molar refractivity (Wildman–Crippen MR) is 93.5 cm³/mol. The maximum absolute atomic E-state index is 13.7. The van der Waals surface area contributed by atoms with Gasteiger partial charge in [-0.15, -0.1) is 11.8 Å². The van der Waals surface area contributed by atoms with Crippen LogP contribution < -0.4 is 14.8 Å². The van der Waals surface area contributed by atoms with E-state index in [2.05, 4.69) is 5.32 Å². The van der Waals surface area contributed by atoms with Gasteiger partial charge in [0.15, 0.2) is 11.5 Å². The van der Waals surface area contributed by atoms with Crippen LogP contribution in [0.3, 0.4) is 0 Å². The van der Waals surface area contributed by atoms with E-state index in [9.17, 15) is 9.18 Å². The molecule has 25 heavy (non-hydrogen) atoms. The van der Waals surface area contributed by atoms with E-state index < -0.39 is 12.0 Å². The zero-order valence-electron chi connectivity index (χ0n) is 13.6. The molecule has 5 nitrogen and oxygen atoms in total. The van der Waals surface area contributed by atoms with Crippen LogP contribution in [0.25, 0.3) is 0 Å². The van der Waals surface area contributed by atoms with E-state index >= 15 is 0 Å².